The van der Waals surface area contributed by atoms with E-state index in [1.165, 1.54) is 6.20 Å². The number of aromatic nitrogens is 3. The molecule has 1 saturated heterocycles. The third-order valence-corrected chi connectivity index (χ3v) is 3.57. The summed E-state index contributed by atoms with van der Waals surface area (Å²) in [5.74, 6) is 0.322. The molecule has 1 fully saturated rings. The number of hydrogen-bond donors (Lipinski definition) is 1. The number of β-amino-alcohol motifs (C(OH)–C–C–N with tert-alkyl or cyclic N) is 1. The number of aliphatic hydroxyl groups excluding tert-OH is 1. The summed E-state index contributed by atoms with van der Waals surface area (Å²) in [6.45, 7) is 3.49. The van der Waals surface area contributed by atoms with Crippen molar-refractivity contribution in [2.75, 3.05) is 24.6 Å². The van der Waals surface area contributed by atoms with Crippen molar-refractivity contribution in [2.24, 2.45) is 0 Å². The lowest BCUT2D eigenvalue weighted by molar-refractivity contribution is 0.0528. The lowest BCUT2D eigenvalue weighted by Gasteiger charge is -2.30. The van der Waals surface area contributed by atoms with E-state index < -0.39 is 5.97 Å². The molecule has 1 aliphatic rings. The second-order valence-electron chi connectivity index (χ2n) is 5.07. The van der Waals surface area contributed by atoms with Crippen LogP contribution >= 0.6 is 0 Å². The molecule has 0 aromatic carbocycles. The number of carbonyl (C=O) groups is 1. The lowest BCUT2D eigenvalue weighted by Crippen LogP contribution is -2.38. The van der Waals surface area contributed by atoms with Crippen LogP contribution in [0.3, 0.4) is 0 Å². The van der Waals surface area contributed by atoms with Crippen molar-refractivity contribution in [1.29, 1.82) is 0 Å². The number of esters is 1. The summed E-state index contributed by atoms with van der Waals surface area (Å²) < 4.78 is 6.56. The molecule has 112 valence electrons. The van der Waals surface area contributed by atoms with Crippen LogP contribution in [-0.2, 0) is 4.74 Å². The number of anilines is 1. The van der Waals surface area contributed by atoms with Crippen molar-refractivity contribution >= 4 is 17.4 Å². The molecule has 1 aliphatic heterocycles. The van der Waals surface area contributed by atoms with Gasteiger partial charge in [-0.1, -0.05) is 0 Å². The number of carbonyl (C=O) groups excluding carboxylic acids is 1. The zero-order valence-corrected chi connectivity index (χ0v) is 11.9. The van der Waals surface area contributed by atoms with E-state index in [0.717, 1.165) is 25.2 Å². The molecule has 21 heavy (non-hydrogen) atoms. The normalized spacial score (nSPS) is 19.0. The quantitative estimate of drug-likeness (QED) is 0.845. The molecule has 7 heteroatoms. The minimum atomic E-state index is -0.421. The highest BCUT2D eigenvalue weighted by atomic mass is 16.5. The fraction of sp³-hybridized carbons (Fsp3) is 0.500. The highest BCUT2D eigenvalue weighted by Crippen LogP contribution is 2.20. The van der Waals surface area contributed by atoms with Crippen LogP contribution in [0, 0.1) is 0 Å². The van der Waals surface area contributed by atoms with Gasteiger partial charge < -0.3 is 14.7 Å². The summed E-state index contributed by atoms with van der Waals surface area (Å²) in [5.41, 5.74) is 0.835. The van der Waals surface area contributed by atoms with Gasteiger partial charge >= 0.3 is 5.97 Å². The van der Waals surface area contributed by atoms with E-state index in [1.807, 2.05) is 11.0 Å². The Labute approximate surface area is 122 Å². The van der Waals surface area contributed by atoms with Crippen molar-refractivity contribution in [3.05, 3.63) is 24.0 Å². The van der Waals surface area contributed by atoms with Gasteiger partial charge in [0, 0.05) is 19.3 Å². The Hall–Kier alpha value is -2.15. The van der Waals surface area contributed by atoms with Crippen molar-refractivity contribution < 1.29 is 14.6 Å². The number of aliphatic hydroxyl groups is 1. The number of hydrogen-bond acceptors (Lipinski definition) is 6. The molecule has 2 aromatic rings. The number of nitrogens with zero attached hydrogens (tertiary/aromatic N) is 4. The molecule has 2 aromatic heterocycles. The van der Waals surface area contributed by atoms with Gasteiger partial charge in [-0.05, 0) is 25.8 Å². The first-order chi connectivity index (χ1) is 10.2. The number of fused-ring (bicyclic) bond motifs is 1. The van der Waals surface area contributed by atoms with Crippen LogP contribution in [0.5, 0.6) is 0 Å². The van der Waals surface area contributed by atoms with E-state index in [1.54, 1.807) is 17.6 Å². The van der Waals surface area contributed by atoms with Gasteiger partial charge in [-0.25, -0.2) is 14.3 Å². The number of rotatable bonds is 3. The third kappa shape index (κ3) is 2.69. The third-order valence-electron chi connectivity index (χ3n) is 3.57. The molecule has 1 atom stereocenters. The fourth-order valence-corrected chi connectivity index (χ4v) is 2.55. The minimum absolute atomic E-state index is 0.314. The summed E-state index contributed by atoms with van der Waals surface area (Å²) in [6.07, 6.45) is 4.65. The Morgan fingerprint density at radius 3 is 3.19 bits per heavy atom. The van der Waals surface area contributed by atoms with Crippen LogP contribution in [0.4, 0.5) is 5.82 Å². The number of piperidine rings is 1. The van der Waals surface area contributed by atoms with Gasteiger partial charge in [-0.2, -0.15) is 5.10 Å². The molecule has 0 saturated carbocycles. The van der Waals surface area contributed by atoms with E-state index in [2.05, 4.69) is 10.1 Å². The number of ether oxygens (including phenoxy) is 1. The Morgan fingerprint density at radius 2 is 2.43 bits per heavy atom. The van der Waals surface area contributed by atoms with Gasteiger partial charge in [0.25, 0.3) is 0 Å². The Balaban J connectivity index is 1.94. The summed E-state index contributed by atoms with van der Waals surface area (Å²) in [7, 11) is 0. The standard InChI is InChI=1S/C14H18N4O3/c1-2-21-14(20)11-8-15-18-7-5-12(16-13(11)18)17-6-3-4-10(19)9-17/h5,7-8,10,19H,2-4,6,9H2,1H3/t10-/m0/s1. The fourth-order valence-electron chi connectivity index (χ4n) is 2.55. The first-order valence-electron chi connectivity index (χ1n) is 7.13. The van der Waals surface area contributed by atoms with Crippen molar-refractivity contribution in [3.8, 4) is 0 Å². The molecule has 0 spiro atoms. The smallest absolute Gasteiger partial charge is 0.343 e. The molecule has 1 N–H and O–H groups in total. The Bertz CT molecular complexity index is 655. The van der Waals surface area contributed by atoms with Gasteiger partial charge in [0.15, 0.2) is 5.65 Å². The van der Waals surface area contributed by atoms with Crippen LogP contribution in [0.1, 0.15) is 30.1 Å². The molecule has 0 radical (unpaired) electrons. The Kier molecular flexibility index (Phi) is 3.74. The van der Waals surface area contributed by atoms with Crippen molar-refractivity contribution in [3.63, 3.8) is 0 Å². The topological polar surface area (TPSA) is 80.0 Å². The van der Waals surface area contributed by atoms with Gasteiger partial charge in [0.05, 0.1) is 18.9 Å². The zero-order valence-electron chi connectivity index (χ0n) is 11.9. The minimum Gasteiger partial charge on any atom is -0.462 e. The first-order valence-corrected chi connectivity index (χ1v) is 7.13. The van der Waals surface area contributed by atoms with Gasteiger partial charge in [0.1, 0.15) is 11.4 Å². The lowest BCUT2D eigenvalue weighted by atomic mass is 10.1. The SMILES string of the molecule is CCOC(=O)c1cnn2ccc(N3CCC[C@H](O)C3)nc12. The van der Waals surface area contributed by atoms with Gasteiger partial charge in [-0.3, -0.25) is 0 Å². The predicted molar refractivity (Wildman–Crippen MR) is 76.4 cm³/mol. The summed E-state index contributed by atoms with van der Waals surface area (Å²) in [6, 6.07) is 1.84. The zero-order chi connectivity index (χ0) is 14.8. The second-order valence-corrected chi connectivity index (χ2v) is 5.07. The second kappa shape index (κ2) is 5.69. The maximum Gasteiger partial charge on any atom is 0.343 e. The van der Waals surface area contributed by atoms with E-state index in [4.69, 9.17) is 4.74 Å². The van der Waals surface area contributed by atoms with Crippen LogP contribution in [0.15, 0.2) is 18.5 Å². The van der Waals surface area contributed by atoms with Crippen LogP contribution < -0.4 is 4.90 Å². The van der Waals surface area contributed by atoms with E-state index in [-0.39, 0.29) is 6.10 Å². The molecule has 0 amide bonds. The molecule has 0 unspecified atom stereocenters. The van der Waals surface area contributed by atoms with Crippen molar-refractivity contribution in [2.45, 2.75) is 25.9 Å². The predicted octanol–water partition coefficient (Wildman–Crippen LogP) is 0.867. The summed E-state index contributed by atoms with van der Waals surface area (Å²) >= 11 is 0. The summed E-state index contributed by atoms with van der Waals surface area (Å²) in [5, 5.41) is 13.9. The van der Waals surface area contributed by atoms with Crippen LogP contribution in [0.25, 0.3) is 5.65 Å². The molecule has 3 heterocycles. The maximum atomic E-state index is 11.9. The van der Waals surface area contributed by atoms with Gasteiger partial charge in [0.2, 0.25) is 0 Å². The molecule has 7 nitrogen and oxygen atoms in total. The molecular formula is C14H18N4O3. The first kappa shape index (κ1) is 13.8. The largest absolute Gasteiger partial charge is 0.462 e. The molecule has 0 bridgehead atoms. The van der Waals surface area contributed by atoms with Crippen LogP contribution in [-0.4, -0.2) is 51.5 Å². The maximum absolute atomic E-state index is 11.9. The van der Waals surface area contributed by atoms with Crippen LogP contribution in [0.2, 0.25) is 0 Å². The van der Waals surface area contributed by atoms with E-state index in [9.17, 15) is 9.90 Å². The molecular weight excluding hydrogens is 272 g/mol. The molecule has 3 rings (SSSR count). The highest BCUT2D eigenvalue weighted by molar-refractivity contribution is 5.95. The monoisotopic (exact) mass is 290 g/mol. The van der Waals surface area contributed by atoms with Crippen molar-refractivity contribution in [1.82, 2.24) is 14.6 Å². The highest BCUT2D eigenvalue weighted by Gasteiger charge is 2.21. The average Bonchev–Trinajstić information content (AvgIpc) is 2.90. The Morgan fingerprint density at radius 1 is 1.57 bits per heavy atom. The summed E-state index contributed by atoms with van der Waals surface area (Å²) in [4.78, 5) is 18.4. The van der Waals surface area contributed by atoms with Gasteiger partial charge in [-0.15, -0.1) is 0 Å². The van der Waals surface area contributed by atoms with E-state index in [0.29, 0.717) is 24.4 Å². The average molecular weight is 290 g/mol. The molecule has 0 aliphatic carbocycles. The van der Waals surface area contributed by atoms with E-state index >= 15 is 0 Å².